The predicted molar refractivity (Wildman–Crippen MR) is 183 cm³/mol. The average Bonchev–Trinajstić information content (AvgIpc) is 3.49. The van der Waals surface area contributed by atoms with Gasteiger partial charge in [-0.3, -0.25) is 4.79 Å². The van der Waals surface area contributed by atoms with E-state index in [2.05, 4.69) is 36.4 Å². The monoisotopic (exact) mass is 644 g/mol. The minimum absolute atomic E-state index is 0.109. The Morgan fingerprint density at radius 1 is 0.761 bits per heavy atom. The zero-order chi connectivity index (χ0) is 31.8. The third-order valence-corrected chi connectivity index (χ3v) is 10.6. The Balaban J connectivity index is 1.51. The average molecular weight is 645 g/mol. The molecule has 5 nitrogen and oxygen atoms in total. The lowest BCUT2D eigenvalue weighted by molar-refractivity contribution is -0.135. The van der Waals surface area contributed by atoms with Gasteiger partial charge in [-0.2, -0.15) is 0 Å². The lowest BCUT2D eigenvalue weighted by atomic mass is 9.90. The van der Waals surface area contributed by atoms with E-state index in [1.165, 1.54) is 6.92 Å². The van der Waals surface area contributed by atoms with Crippen molar-refractivity contribution in [3.8, 4) is 5.75 Å². The third kappa shape index (κ3) is 7.22. The molecule has 0 aliphatic carbocycles. The number of ether oxygens (including phenoxy) is 3. The number of hydrogen-bond donors (Lipinski definition) is 0. The SMILES string of the molecule is CC(=O)OC(=C1C(=O)OCC1C(Sc1ccccc1)(Sc1ccccc1)c1ccccc1)c1cccc(OCc2ccccc2)c1. The Kier molecular flexibility index (Phi) is 9.91. The summed E-state index contributed by atoms with van der Waals surface area (Å²) >= 11 is 3.32. The molecule has 6 rings (SSSR count). The van der Waals surface area contributed by atoms with Gasteiger partial charge in [0.2, 0.25) is 0 Å². The van der Waals surface area contributed by atoms with Crippen molar-refractivity contribution in [3.63, 3.8) is 0 Å². The van der Waals surface area contributed by atoms with E-state index in [0.29, 0.717) is 23.5 Å². The molecule has 1 fully saturated rings. The fourth-order valence-electron chi connectivity index (χ4n) is 5.37. The third-order valence-electron chi connectivity index (χ3n) is 7.44. The van der Waals surface area contributed by atoms with E-state index in [0.717, 1.165) is 20.9 Å². The molecule has 230 valence electrons. The molecule has 1 aliphatic rings. The van der Waals surface area contributed by atoms with Crippen molar-refractivity contribution in [3.05, 3.63) is 168 Å². The van der Waals surface area contributed by atoms with Crippen molar-refractivity contribution < 1.29 is 23.8 Å². The zero-order valence-corrected chi connectivity index (χ0v) is 26.8. The van der Waals surface area contributed by atoms with Crippen LogP contribution in [0.4, 0.5) is 0 Å². The molecule has 1 saturated heterocycles. The highest BCUT2D eigenvalue weighted by Gasteiger charge is 2.52. The smallest absolute Gasteiger partial charge is 0.338 e. The highest BCUT2D eigenvalue weighted by Crippen LogP contribution is 2.61. The van der Waals surface area contributed by atoms with Crippen LogP contribution < -0.4 is 4.74 Å². The van der Waals surface area contributed by atoms with E-state index in [1.807, 2.05) is 103 Å². The molecular formula is C39H32O5S2. The molecule has 0 amide bonds. The molecule has 0 saturated carbocycles. The highest BCUT2D eigenvalue weighted by molar-refractivity contribution is 8.17. The van der Waals surface area contributed by atoms with Crippen LogP contribution in [0.3, 0.4) is 0 Å². The van der Waals surface area contributed by atoms with Crippen molar-refractivity contribution in [2.75, 3.05) is 6.61 Å². The molecule has 0 aromatic heterocycles. The highest BCUT2D eigenvalue weighted by atomic mass is 32.2. The molecule has 46 heavy (non-hydrogen) atoms. The minimum atomic E-state index is -0.793. The summed E-state index contributed by atoms with van der Waals surface area (Å²) in [5.41, 5.74) is 2.89. The summed E-state index contributed by atoms with van der Waals surface area (Å²) in [5.74, 6) is -0.803. The largest absolute Gasteiger partial charge is 0.489 e. The van der Waals surface area contributed by atoms with Crippen LogP contribution in [0.5, 0.6) is 5.75 Å². The Hall–Kier alpha value is -4.72. The van der Waals surface area contributed by atoms with Gasteiger partial charge >= 0.3 is 11.9 Å². The van der Waals surface area contributed by atoms with E-state index in [4.69, 9.17) is 14.2 Å². The van der Waals surface area contributed by atoms with Crippen LogP contribution in [-0.2, 0) is 29.7 Å². The minimum Gasteiger partial charge on any atom is -0.489 e. The number of thioether (sulfide) groups is 2. The molecular weight excluding hydrogens is 613 g/mol. The number of carbonyl (C=O) groups excluding carboxylic acids is 2. The normalized spacial score (nSPS) is 15.6. The van der Waals surface area contributed by atoms with E-state index >= 15 is 0 Å². The lowest BCUT2D eigenvalue weighted by Gasteiger charge is -2.38. The van der Waals surface area contributed by atoms with Gasteiger partial charge in [-0.1, -0.05) is 109 Å². The van der Waals surface area contributed by atoms with Crippen molar-refractivity contribution in [2.45, 2.75) is 27.4 Å². The maximum absolute atomic E-state index is 13.8. The molecule has 5 aromatic carbocycles. The molecule has 5 aromatic rings. The number of carbonyl (C=O) groups is 2. The first-order valence-corrected chi connectivity index (χ1v) is 16.6. The maximum atomic E-state index is 13.8. The topological polar surface area (TPSA) is 61.8 Å². The molecule has 1 heterocycles. The zero-order valence-electron chi connectivity index (χ0n) is 25.2. The summed E-state index contributed by atoms with van der Waals surface area (Å²) in [6, 6.07) is 47.6. The summed E-state index contributed by atoms with van der Waals surface area (Å²) in [5, 5.41) is 0. The Labute approximate surface area is 277 Å². The van der Waals surface area contributed by atoms with E-state index in [-0.39, 0.29) is 12.4 Å². The van der Waals surface area contributed by atoms with Crippen molar-refractivity contribution in [1.29, 1.82) is 0 Å². The first-order valence-electron chi connectivity index (χ1n) is 14.9. The standard InChI is InChI=1S/C39H32O5S2/c1-28(40)44-37(30-17-14-20-32(25-30)42-26-29-15-6-2-7-16-29)36-35(27-43-38(36)41)39(31-18-8-3-9-19-31,45-33-21-10-4-11-22-33)46-34-23-12-5-13-24-34/h2-25,35H,26-27H2,1H3. The number of hydrogen-bond acceptors (Lipinski definition) is 7. The Morgan fingerprint density at radius 2 is 1.33 bits per heavy atom. The lowest BCUT2D eigenvalue weighted by Crippen LogP contribution is -2.31. The van der Waals surface area contributed by atoms with Gasteiger partial charge in [0, 0.05) is 22.3 Å². The second-order valence-electron chi connectivity index (χ2n) is 10.7. The van der Waals surface area contributed by atoms with Gasteiger partial charge in [0.1, 0.15) is 28.8 Å². The quantitative estimate of drug-likeness (QED) is 0.0467. The van der Waals surface area contributed by atoms with E-state index in [9.17, 15) is 9.59 Å². The second-order valence-corrected chi connectivity index (χ2v) is 13.6. The number of esters is 2. The van der Waals surface area contributed by atoms with Crippen molar-refractivity contribution in [1.82, 2.24) is 0 Å². The molecule has 0 spiro atoms. The number of cyclic esters (lactones) is 1. The predicted octanol–water partition coefficient (Wildman–Crippen LogP) is 9.15. The summed E-state index contributed by atoms with van der Waals surface area (Å²) < 4.78 is 17.1. The van der Waals surface area contributed by atoms with Crippen LogP contribution in [0.15, 0.2) is 161 Å². The summed E-state index contributed by atoms with van der Waals surface area (Å²) in [4.78, 5) is 28.5. The van der Waals surface area contributed by atoms with Crippen LogP contribution in [0.1, 0.15) is 23.6 Å². The Bertz CT molecular complexity index is 1770. The van der Waals surface area contributed by atoms with Gasteiger partial charge in [-0.15, -0.1) is 23.5 Å². The van der Waals surface area contributed by atoms with Gasteiger partial charge in [0.15, 0.2) is 0 Å². The molecule has 1 unspecified atom stereocenters. The molecule has 1 aliphatic heterocycles. The van der Waals surface area contributed by atoms with Gasteiger partial charge in [-0.25, -0.2) is 4.79 Å². The molecule has 0 N–H and O–H groups in total. The van der Waals surface area contributed by atoms with Crippen LogP contribution in [0.2, 0.25) is 0 Å². The maximum Gasteiger partial charge on any atom is 0.338 e. The fourth-order valence-corrected chi connectivity index (χ4v) is 8.57. The number of rotatable bonds is 11. The summed E-state index contributed by atoms with van der Waals surface area (Å²) in [6.45, 7) is 1.82. The van der Waals surface area contributed by atoms with E-state index in [1.54, 1.807) is 29.6 Å². The number of benzene rings is 5. The summed E-state index contributed by atoms with van der Waals surface area (Å²) in [6.07, 6.45) is 0. The first kappa shape index (κ1) is 31.3. The van der Waals surface area contributed by atoms with Crippen molar-refractivity contribution >= 4 is 41.2 Å². The molecule has 1 atom stereocenters. The van der Waals surface area contributed by atoms with Crippen LogP contribution in [0, 0.1) is 5.92 Å². The van der Waals surface area contributed by atoms with Gasteiger partial charge in [0.05, 0.1) is 11.5 Å². The first-order chi connectivity index (χ1) is 22.5. The van der Waals surface area contributed by atoms with E-state index < -0.39 is 21.9 Å². The molecule has 0 radical (unpaired) electrons. The van der Waals surface area contributed by atoms with Crippen LogP contribution in [0.25, 0.3) is 5.76 Å². The van der Waals surface area contributed by atoms with Crippen LogP contribution >= 0.6 is 23.5 Å². The fraction of sp³-hybridized carbons (Fsp3) is 0.128. The molecule has 0 bridgehead atoms. The molecule has 7 heteroatoms. The van der Waals surface area contributed by atoms with Gasteiger partial charge < -0.3 is 14.2 Å². The Morgan fingerprint density at radius 3 is 1.91 bits per heavy atom. The van der Waals surface area contributed by atoms with Crippen LogP contribution in [-0.4, -0.2) is 18.5 Å². The second kappa shape index (κ2) is 14.6. The van der Waals surface area contributed by atoms with Crippen molar-refractivity contribution in [2.24, 2.45) is 5.92 Å². The van der Waals surface area contributed by atoms with Gasteiger partial charge in [-0.05, 0) is 47.5 Å². The van der Waals surface area contributed by atoms with Gasteiger partial charge in [0.25, 0.3) is 0 Å². The summed E-state index contributed by atoms with van der Waals surface area (Å²) in [7, 11) is 0.